The lowest BCUT2D eigenvalue weighted by molar-refractivity contribution is -0.146. The number of hydrogen-bond donors (Lipinski definition) is 0. The fraction of sp³-hybridized carbons (Fsp3) is 0.176. The van der Waals surface area contributed by atoms with Gasteiger partial charge in [-0.15, -0.1) is 0 Å². The Morgan fingerprint density at radius 3 is 2.43 bits per heavy atom. The van der Waals surface area contributed by atoms with Crippen LogP contribution in [0.15, 0.2) is 54.6 Å². The summed E-state index contributed by atoms with van der Waals surface area (Å²) in [6.07, 6.45) is -0.666. The Morgan fingerprint density at radius 2 is 1.71 bits per heavy atom. The maximum atomic E-state index is 12.2. The molecule has 2 atom stereocenters. The Bertz CT molecular complexity index is 678. The van der Waals surface area contributed by atoms with Gasteiger partial charge in [0.05, 0.1) is 12.7 Å². The molecular formula is C17H14O4. The van der Waals surface area contributed by atoms with Crippen LogP contribution >= 0.6 is 0 Å². The van der Waals surface area contributed by atoms with Crippen LogP contribution in [-0.2, 0) is 14.3 Å². The van der Waals surface area contributed by atoms with Crippen molar-refractivity contribution in [3.8, 4) is 0 Å². The molecule has 0 spiro atoms. The summed E-state index contributed by atoms with van der Waals surface area (Å²) in [6.45, 7) is 0. The van der Waals surface area contributed by atoms with E-state index in [1.807, 2.05) is 30.3 Å². The predicted octanol–water partition coefficient (Wildman–Crippen LogP) is 2.85. The molecule has 0 bridgehead atoms. The molecule has 0 amide bonds. The maximum Gasteiger partial charge on any atom is 0.339 e. The van der Waals surface area contributed by atoms with Gasteiger partial charge in [-0.1, -0.05) is 48.5 Å². The minimum Gasteiger partial charge on any atom is -0.468 e. The minimum absolute atomic E-state index is 0.413. The van der Waals surface area contributed by atoms with E-state index in [1.54, 1.807) is 24.3 Å². The molecule has 2 aromatic carbocycles. The summed E-state index contributed by atoms with van der Waals surface area (Å²) in [5.41, 5.74) is 1.84. The molecule has 1 heterocycles. The van der Waals surface area contributed by atoms with Crippen molar-refractivity contribution in [3.63, 3.8) is 0 Å². The standard InChI is InChI=1S/C17H14O4/c1-20-17(19)14-12-9-5-6-10-13(12)16(18)21-15(14)11-7-3-2-4-8-11/h2-10,14-15H,1H3/t14-,15-/m1/s1. The van der Waals surface area contributed by atoms with E-state index in [9.17, 15) is 9.59 Å². The minimum atomic E-state index is -0.666. The first-order chi connectivity index (χ1) is 10.2. The van der Waals surface area contributed by atoms with Gasteiger partial charge in [-0.2, -0.15) is 0 Å². The zero-order valence-corrected chi connectivity index (χ0v) is 11.5. The van der Waals surface area contributed by atoms with Gasteiger partial charge in [0.2, 0.25) is 0 Å². The predicted molar refractivity (Wildman–Crippen MR) is 75.8 cm³/mol. The van der Waals surface area contributed by atoms with E-state index < -0.39 is 24.0 Å². The molecule has 106 valence electrons. The van der Waals surface area contributed by atoms with Crippen molar-refractivity contribution in [2.24, 2.45) is 0 Å². The fourth-order valence-electron chi connectivity index (χ4n) is 2.64. The lowest BCUT2D eigenvalue weighted by Crippen LogP contribution is -2.31. The molecular weight excluding hydrogens is 268 g/mol. The number of methoxy groups -OCH3 is 1. The van der Waals surface area contributed by atoms with Crippen LogP contribution in [0.25, 0.3) is 0 Å². The normalized spacial score (nSPS) is 20.3. The van der Waals surface area contributed by atoms with Crippen molar-refractivity contribution in [1.82, 2.24) is 0 Å². The van der Waals surface area contributed by atoms with Crippen molar-refractivity contribution in [3.05, 3.63) is 71.3 Å². The highest BCUT2D eigenvalue weighted by Gasteiger charge is 2.41. The zero-order valence-electron chi connectivity index (χ0n) is 11.5. The third-order valence-corrected chi connectivity index (χ3v) is 3.64. The van der Waals surface area contributed by atoms with Crippen LogP contribution in [0.5, 0.6) is 0 Å². The van der Waals surface area contributed by atoms with Gasteiger partial charge >= 0.3 is 11.9 Å². The Labute approximate surface area is 122 Å². The van der Waals surface area contributed by atoms with Crippen LogP contribution in [0.3, 0.4) is 0 Å². The summed E-state index contributed by atoms with van der Waals surface area (Å²) in [6, 6.07) is 16.2. The molecule has 2 aromatic rings. The summed E-state index contributed by atoms with van der Waals surface area (Å²) in [5.74, 6) is -1.48. The molecule has 21 heavy (non-hydrogen) atoms. The molecule has 0 N–H and O–H groups in total. The Balaban J connectivity index is 2.13. The number of ether oxygens (including phenoxy) is 2. The monoisotopic (exact) mass is 282 g/mol. The second-order valence-corrected chi connectivity index (χ2v) is 4.82. The first kappa shape index (κ1) is 13.4. The Hall–Kier alpha value is -2.62. The highest BCUT2D eigenvalue weighted by molar-refractivity contribution is 5.96. The van der Waals surface area contributed by atoms with Crippen molar-refractivity contribution in [2.75, 3.05) is 7.11 Å². The zero-order chi connectivity index (χ0) is 14.8. The number of benzene rings is 2. The average Bonchev–Trinajstić information content (AvgIpc) is 2.55. The number of rotatable bonds is 2. The highest BCUT2D eigenvalue weighted by Crippen LogP contribution is 2.41. The topological polar surface area (TPSA) is 52.6 Å². The summed E-state index contributed by atoms with van der Waals surface area (Å²) in [4.78, 5) is 24.4. The third-order valence-electron chi connectivity index (χ3n) is 3.64. The molecule has 3 rings (SSSR count). The first-order valence-corrected chi connectivity index (χ1v) is 6.65. The van der Waals surface area contributed by atoms with Crippen LogP contribution in [0, 0.1) is 0 Å². The average molecular weight is 282 g/mol. The van der Waals surface area contributed by atoms with Crippen LogP contribution < -0.4 is 0 Å². The highest BCUT2D eigenvalue weighted by atomic mass is 16.6. The number of hydrogen-bond acceptors (Lipinski definition) is 4. The van der Waals surface area contributed by atoms with Gasteiger partial charge in [0, 0.05) is 0 Å². The molecule has 1 aliphatic heterocycles. The van der Waals surface area contributed by atoms with E-state index >= 15 is 0 Å². The molecule has 1 aliphatic rings. The first-order valence-electron chi connectivity index (χ1n) is 6.65. The number of esters is 2. The molecule has 4 heteroatoms. The van der Waals surface area contributed by atoms with E-state index in [1.165, 1.54) is 7.11 Å². The van der Waals surface area contributed by atoms with Crippen molar-refractivity contribution in [2.45, 2.75) is 12.0 Å². The SMILES string of the molecule is COC(=O)[C@@H]1c2ccccc2C(=O)O[C@@H]1c1ccccc1. The second kappa shape index (κ2) is 5.40. The molecule has 4 nitrogen and oxygen atoms in total. The van der Waals surface area contributed by atoms with Gasteiger partial charge in [0.1, 0.15) is 12.0 Å². The number of fused-ring (bicyclic) bond motifs is 1. The van der Waals surface area contributed by atoms with Gasteiger partial charge in [0.25, 0.3) is 0 Å². The molecule has 0 unspecified atom stereocenters. The summed E-state index contributed by atoms with van der Waals surface area (Å²) in [7, 11) is 1.34. The summed E-state index contributed by atoms with van der Waals surface area (Å²) in [5, 5.41) is 0. The molecule has 0 aromatic heterocycles. The van der Waals surface area contributed by atoms with Gasteiger partial charge in [-0.25, -0.2) is 4.79 Å². The lowest BCUT2D eigenvalue weighted by atomic mass is 9.84. The molecule has 0 saturated heterocycles. The molecule has 0 fully saturated rings. The molecule has 0 radical (unpaired) electrons. The third kappa shape index (κ3) is 2.29. The lowest BCUT2D eigenvalue weighted by Gasteiger charge is -2.31. The Morgan fingerprint density at radius 1 is 1.05 bits per heavy atom. The van der Waals surface area contributed by atoms with Gasteiger partial charge in [0.15, 0.2) is 0 Å². The quantitative estimate of drug-likeness (QED) is 0.795. The van der Waals surface area contributed by atoms with Crippen LogP contribution in [0.1, 0.15) is 33.5 Å². The maximum absolute atomic E-state index is 12.2. The van der Waals surface area contributed by atoms with Crippen molar-refractivity contribution < 1.29 is 19.1 Å². The molecule has 0 saturated carbocycles. The Kier molecular flexibility index (Phi) is 3.44. The van der Waals surface area contributed by atoms with E-state index in [0.717, 1.165) is 5.56 Å². The van der Waals surface area contributed by atoms with Crippen LogP contribution in [0.2, 0.25) is 0 Å². The van der Waals surface area contributed by atoms with Crippen molar-refractivity contribution in [1.29, 1.82) is 0 Å². The van der Waals surface area contributed by atoms with E-state index in [2.05, 4.69) is 0 Å². The number of cyclic esters (lactones) is 1. The van der Waals surface area contributed by atoms with Crippen LogP contribution in [0.4, 0.5) is 0 Å². The van der Waals surface area contributed by atoms with E-state index in [0.29, 0.717) is 11.1 Å². The van der Waals surface area contributed by atoms with Gasteiger partial charge < -0.3 is 9.47 Å². The van der Waals surface area contributed by atoms with Crippen LogP contribution in [-0.4, -0.2) is 19.0 Å². The summed E-state index contributed by atoms with van der Waals surface area (Å²) >= 11 is 0. The number of carbonyl (C=O) groups is 2. The van der Waals surface area contributed by atoms with Crippen molar-refractivity contribution >= 4 is 11.9 Å². The largest absolute Gasteiger partial charge is 0.468 e. The van der Waals surface area contributed by atoms with Gasteiger partial charge in [-0.3, -0.25) is 4.79 Å². The fourth-order valence-corrected chi connectivity index (χ4v) is 2.64. The van der Waals surface area contributed by atoms with E-state index in [4.69, 9.17) is 9.47 Å². The second-order valence-electron chi connectivity index (χ2n) is 4.82. The summed E-state index contributed by atoms with van der Waals surface area (Å²) < 4.78 is 10.4. The van der Waals surface area contributed by atoms with Gasteiger partial charge in [-0.05, 0) is 17.2 Å². The number of carbonyl (C=O) groups excluding carboxylic acids is 2. The molecule has 0 aliphatic carbocycles. The smallest absolute Gasteiger partial charge is 0.339 e. The van der Waals surface area contributed by atoms with E-state index in [-0.39, 0.29) is 0 Å².